The summed E-state index contributed by atoms with van der Waals surface area (Å²) in [5, 5.41) is 5.96. The van der Waals surface area contributed by atoms with Gasteiger partial charge in [0.1, 0.15) is 12.2 Å². The van der Waals surface area contributed by atoms with Crippen molar-refractivity contribution < 1.29 is 4.79 Å². The van der Waals surface area contributed by atoms with E-state index in [1.807, 2.05) is 43.3 Å². The molecule has 0 fully saturated rings. The Kier molecular flexibility index (Phi) is 4.64. The van der Waals surface area contributed by atoms with Crippen molar-refractivity contribution in [1.29, 1.82) is 0 Å². The fourth-order valence-corrected chi connectivity index (χ4v) is 4.82. The maximum atomic E-state index is 13.1. The van der Waals surface area contributed by atoms with Crippen molar-refractivity contribution in [2.24, 2.45) is 0 Å². The molecule has 0 atom stereocenters. The van der Waals surface area contributed by atoms with Gasteiger partial charge in [0.25, 0.3) is 5.56 Å². The summed E-state index contributed by atoms with van der Waals surface area (Å²) in [6, 6.07) is 15.1. The van der Waals surface area contributed by atoms with Crippen molar-refractivity contribution in [2.75, 3.05) is 11.4 Å². The summed E-state index contributed by atoms with van der Waals surface area (Å²) in [6.07, 6.45) is 0.810. The molecule has 0 radical (unpaired) electrons. The second-order valence-electron chi connectivity index (χ2n) is 7.15. The molecule has 0 saturated carbocycles. The number of halogens is 1. The molecule has 6 nitrogen and oxygen atoms in total. The number of aromatic nitrogens is 3. The van der Waals surface area contributed by atoms with Gasteiger partial charge in [0.2, 0.25) is 5.91 Å². The zero-order chi connectivity index (χ0) is 20.8. The summed E-state index contributed by atoms with van der Waals surface area (Å²) in [5.41, 5.74) is 3.47. The number of hydrogen-bond donors (Lipinski definition) is 0. The van der Waals surface area contributed by atoms with Gasteiger partial charge in [-0.15, -0.1) is 11.3 Å². The Labute approximate surface area is 181 Å². The molecule has 3 heterocycles. The Bertz CT molecular complexity index is 1340. The minimum Gasteiger partial charge on any atom is -0.310 e. The highest BCUT2D eigenvalue weighted by atomic mass is 35.5. The van der Waals surface area contributed by atoms with Crippen LogP contribution in [0.1, 0.15) is 10.6 Å². The molecule has 2 aromatic carbocycles. The lowest BCUT2D eigenvalue weighted by atomic mass is 10.1. The molecule has 0 unspecified atom stereocenters. The third kappa shape index (κ3) is 3.20. The standard InChI is InChI=1S/C22H17ClN4O2S/c1-13-24-20-21(30-13)19(15-6-8-16(23)9-7-15)25-27(22(20)29)12-18(28)26-11-10-14-4-2-3-5-17(14)26/h2-9H,10-12H2,1H3. The number of fused-ring (bicyclic) bond motifs is 2. The number of carbonyl (C=O) groups is 1. The predicted octanol–water partition coefficient (Wildman–Crippen LogP) is 4.07. The summed E-state index contributed by atoms with van der Waals surface area (Å²) >= 11 is 7.45. The average molecular weight is 437 g/mol. The Morgan fingerprint density at radius 2 is 1.93 bits per heavy atom. The molecule has 150 valence electrons. The summed E-state index contributed by atoms with van der Waals surface area (Å²) in [6.45, 7) is 2.32. The highest BCUT2D eigenvalue weighted by Crippen LogP contribution is 2.31. The molecule has 5 rings (SSSR count). The molecule has 1 amide bonds. The van der Waals surface area contributed by atoms with Crippen molar-refractivity contribution >= 4 is 44.7 Å². The highest BCUT2D eigenvalue weighted by Gasteiger charge is 2.26. The van der Waals surface area contributed by atoms with E-state index in [9.17, 15) is 9.59 Å². The van der Waals surface area contributed by atoms with E-state index in [4.69, 9.17) is 11.6 Å². The van der Waals surface area contributed by atoms with E-state index in [0.717, 1.165) is 32.9 Å². The first-order chi connectivity index (χ1) is 14.5. The number of thiazole rings is 1. The van der Waals surface area contributed by atoms with E-state index >= 15 is 0 Å². The summed E-state index contributed by atoms with van der Waals surface area (Å²) in [7, 11) is 0. The van der Waals surface area contributed by atoms with Crippen molar-refractivity contribution in [3.05, 3.63) is 74.5 Å². The van der Waals surface area contributed by atoms with Crippen LogP contribution in [-0.2, 0) is 17.8 Å². The van der Waals surface area contributed by atoms with Crippen molar-refractivity contribution in [3.63, 3.8) is 0 Å². The zero-order valence-electron chi connectivity index (χ0n) is 16.1. The van der Waals surface area contributed by atoms with Crippen LogP contribution >= 0.6 is 22.9 Å². The number of aryl methyl sites for hydroxylation is 1. The second-order valence-corrected chi connectivity index (χ2v) is 8.79. The van der Waals surface area contributed by atoms with Crippen LogP contribution in [0.25, 0.3) is 21.5 Å². The number of carbonyl (C=O) groups excluding carboxylic acids is 1. The molecule has 1 aliphatic rings. The minimum atomic E-state index is -0.354. The van der Waals surface area contributed by atoms with E-state index < -0.39 is 0 Å². The van der Waals surface area contributed by atoms with Gasteiger partial charge in [0.05, 0.1) is 9.71 Å². The highest BCUT2D eigenvalue weighted by molar-refractivity contribution is 7.19. The van der Waals surface area contributed by atoms with Gasteiger partial charge in [0.15, 0.2) is 5.52 Å². The lowest BCUT2D eigenvalue weighted by Crippen LogP contribution is -2.36. The van der Waals surface area contributed by atoms with Gasteiger partial charge in [-0.3, -0.25) is 9.59 Å². The Hall–Kier alpha value is -3.03. The smallest absolute Gasteiger partial charge is 0.294 e. The Morgan fingerprint density at radius 3 is 2.73 bits per heavy atom. The quantitative estimate of drug-likeness (QED) is 0.485. The first kappa shape index (κ1) is 19.0. The number of rotatable bonds is 3. The maximum Gasteiger partial charge on any atom is 0.294 e. The van der Waals surface area contributed by atoms with Crippen LogP contribution < -0.4 is 10.5 Å². The van der Waals surface area contributed by atoms with E-state index in [0.29, 0.717) is 22.8 Å². The molecule has 0 saturated heterocycles. The number of hydrogen-bond acceptors (Lipinski definition) is 5. The molecule has 0 N–H and O–H groups in total. The molecular weight excluding hydrogens is 420 g/mol. The summed E-state index contributed by atoms with van der Waals surface area (Å²) < 4.78 is 1.95. The topological polar surface area (TPSA) is 68.1 Å². The van der Waals surface area contributed by atoms with E-state index in [2.05, 4.69) is 10.1 Å². The van der Waals surface area contributed by atoms with Crippen molar-refractivity contribution in [3.8, 4) is 11.3 Å². The number of nitrogens with zero attached hydrogens (tertiary/aromatic N) is 4. The Balaban J connectivity index is 1.58. The fraction of sp³-hybridized carbons (Fsp3) is 0.182. The molecule has 8 heteroatoms. The lowest BCUT2D eigenvalue weighted by molar-refractivity contribution is -0.119. The number of amides is 1. The largest absolute Gasteiger partial charge is 0.310 e. The minimum absolute atomic E-state index is 0.139. The van der Waals surface area contributed by atoms with Crippen LogP contribution in [0.3, 0.4) is 0 Å². The Morgan fingerprint density at radius 1 is 1.17 bits per heavy atom. The summed E-state index contributed by atoms with van der Waals surface area (Å²) in [5.74, 6) is -0.164. The van der Waals surface area contributed by atoms with Gasteiger partial charge in [-0.1, -0.05) is 41.9 Å². The van der Waals surface area contributed by atoms with Crippen molar-refractivity contribution in [2.45, 2.75) is 19.9 Å². The van der Waals surface area contributed by atoms with Gasteiger partial charge >= 0.3 is 0 Å². The molecule has 4 aromatic rings. The molecule has 1 aliphatic heterocycles. The SMILES string of the molecule is Cc1nc2c(=O)n(CC(=O)N3CCc4ccccc43)nc(-c3ccc(Cl)cc3)c2s1. The normalized spacial score (nSPS) is 13.1. The molecule has 0 bridgehead atoms. The molecule has 2 aromatic heterocycles. The third-order valence-corrected chi connectivity index (χ3v) is 6.43. The van der Waals surface area contributed by atoms with E-state index in [-0.39, 0.29) is 18.0 Å². The van der Waals surface area contributed by atoms with Crippen LogP contribution in [0.4, 0.5) is 5.69 Å². The fourth-order valence-electron chi connectivity index (χ4n) is 3.78. The van der Waals surface area contributed by atoms with Gasteiger partial charge < -0.3 is 4.90 Å². The molecular formula is C22H17ClN4O2S. The third-order valence-electron chi connectivity index (χ3n) is 5.20. The van der Waals surface area contributed by atoms with Gasteiger partial charge in [-0.2, -0.15) is 5.10 Å². The van der Waals surface area contributed by atoms with Gasteiger partial charge in [-0.05, 0) is 37.1 Å². The molecule has 0 aliphatic carbocycles. The summed E-state index contributed by atoms with van der Waals surface area (Å²) in [4.78, 5) is 32.2. The maximum absolute atomic E-state index is 13.1. The van der Waals surface area contributed by atoms with Crippen molar-refractivity contribution in [1.82, 2.24) is 14.8 Å². The number of benzene rings is 2. The van der Waals surface area contributed by atoms with Crippen LogP contribution in [0.15, 0.2) is 53.3 Å². The predicted molar refractivity (Wildman–Crippen MR) is 119 cm³/mol. The van der Waals surface area contributed by atoms with Crippen LogP contribution in [0, 0.1) is 6.92 Å². The lowest BCUT2D eigenvalue weighted by Gasteiger charge is -2.18. The number of para-hydroxylation sites is 1. The van der Waals surface area contributed by atoms with Gasteiger partial charge in [-0.25, -0.2) is 9.67 Å². The molecule has 0 spiro atoms. The van der Waals surface area contributed by atoms with Gasteiger partial charge in [0, 0.05) is 22.8 Å². The first-order valence-electron chi connectivity index (χ1n) is 9.54. The number of anilines is 1. The monoisotopic (exact) mass is 436 g/mol. The van der Waals surface area contributed by atoms with Crippen LogP contribution in [-0.4, -0.2) is 27.2 Å². The first-order valence-corrected chi connectivity index (χ1v) is 10.7. The van der Waals surface area contributed by atoms with E-state index in [1.54, 1.807) is 17.0 Å². The van der Waals surface area contributed by atoms with Crippen LogP contribution in [0.5, 0.6) is 0 Å². The van der Waals surface area contributed by atoms with E-state index in [1.165, 1.54) is 16.0 Å². The average Bonchev–Trinajstić information content (AvgIpc) is 3.34. The zero-order valence-corrected chi connectivity index (χ0v) is 17.7. The van der Waals surface area contributed by atoms with Crippen LogP contribution in [0.2, 0.25) is 5.02 Å². The second kappa shape index (κ2) is 7.34. The molecule has 30 heavy (non-hydrogen) atoms.